The minimum absolute atomic E-state index is 0.0599. The Labute approximate surface area is 145 Å². The number of carbonyl (C=O) groups excluding carboxylic acids is 1. The van der Waals surface area contributed by atoms with Gasteiger partial charge in [-0.3, -0.25) is 4.79 Å². The molecule has 1 aromatic heterocycles. The molecule has 0 unspecified atom stereocenters. The van der Waals surface area contributed by atoms with Crippen LogP contribution in [0.4, 0.5) is 0 Å². The summed E-state index contributed by atoms with van der Waals surface area (Å²) in [5.74, 6) is 0.0599. The molecule has 4 nitrogen and oxygen atoms in total. The topological polar surface area (TPSA) is 54.9 Å². The van der Waals surface area contributed by atoms with E-state index in [4.69, 9.17) is 0 Å². The van der Waals surface area contributed by atoms with Gasteiger partial charge in [0.15, 0.2) is 4.34 Å². The first kappa shape index (κ1) is 16.5. The molecular weight excluding hydrogens is 326 g/mol. The second-order valence-electron chi connectivity index (χ2n) is 6.54. The Morgan fingerprint density at radius 2 is 2.22 bits per heavy atom. The molecule has 1 heterocycles. The lowest BCUT2D eigenvalue weighted by Crippen LogP contribution is -2.38. The predicted octanol–water partition coefficient (Wildman–Crippen LogP) is 3.95. The number of thioether (sulfide) groups is 1. The highest BCUT2D eigenvalue weighted by molar-refractivity contribution is 8.02. The smallest absolute Gasteiger partial charge is 0.233 e. The first-order valence-electron chi connectivity index (χ1n) is 7.80. The molecule has 0 radical (unpaired) electrons. The van der Waals surface area contributed by atoms with Crippen LogP contribution in [-0.4, -0.2) is 21.4 Å². The van der Waals surface area contributed by atoms with E-state index in [2.05, 4.69) is 53.6 Å². The van der Waals surface area contributed by atoms with E-state index < -0.39 is 0 Å². The van der Waals surface area contributed by atoms with Crippen molar-refractivity contribution in [1.82, 2.24) is 15.5 Å². The van der Waals surface area contributed by atoms with Gasteiger partial charge in [0.05, 0.1) is 11.3 Å². The highest BCUT2D eigenvalue weighted by atomic mass is 32.2. The summed E-state index contributed by atoms with van der Waals surface area (Å²) >= 11 is 2.92. The van der Waals surface area contributed by atoms with Crippen LogP contribution in [0.15, 0.2) is 34.1 Å². The second kappa shape index (κ2) is 6.61. The molecular formula is C17H21N3OS2. The summed E-state index contributed by atoms with van der Waals surface area (Å²) in [6.07, 6.45) is 2.05. The first-order valence-corrected chi connectivity index (χ1v) is 9.56. The monoisotopic (exact) mass is 347 g/mol. The van der Waals surface area contributed by atoms with E-state index in [9.17, 15) is 4.79 Å². The molecule has 1 aromatic carbocycles. The average molecular weight is 348 g/mol. The van der Waals surface area contributed by atoms with Crippen molar-refractivity contribution in [3.05, 3.63) is 40.9 Å². The van der Waals surface area contributed by atoms with Crippen molar-refractivity contribution in [1.29, 1.82) is 0 Å². The van der Waals surface area contributed by atoms with E-state index in [0.717, 1.165) is 17.2 Å². The van der Waals surface area contributed by atoms with Crippen molar-refractivity contribution in [2.45, 2.75) is 54.7 Å². The number of rotatable bonds is 4. The van der Waals surface area contributed by atoms with Crippen LogP contribution in [0.5, 0.6) is 0 Å². The van der Waals surface area contributed by atoms with Gasteiger partial charge in [-0.15, -0.1) is 10.2 Å². The molecule has 0 spiro atoms. The molecule has 0 saturated carbocycles. The molecule has 0 bridgehead atoms. The average Bonchev–Trinajstić information content (AvgIpc) is 3.03. The molecule has 2 aromatic rings. The third-order valence-corrected chi connectivity index (χ3v) is 6.34. The summed E-state index contributed by atoms with van der Waals surface area (Å²) in [4.78, 5) is 12.5. The number of nitrogens with one attached hydrogen (secondary N) is 1. The summed E-state index contributed by atoms with van der Waals surface area (Å²) < 4.78 is 0.831. The Kier molecular flexibility index (Phi) is 4.73. The third kappa shape index (κ3) is 3.58. The highest BCUT2D eigenvalue weighted by Crippen LogP contribution is 2.41. The largest absolute Gasteiger partial charge is 0.348 e. The van der Waals surface area contributed by atoms with Crippen molar-refractivity contribution in [3.63, 3.8) is 0 Å². The van der Waals surface area contributed by atoms with Crippen LogP contribution in [0.3, 0.4) is 0 Å². The molecule has 3 rings (SSSR count). The number of hydrogen-bond acceptors (Lipinski definition) is 5. The summed E-state index contributed by atoms with van der Waals surface area (Å²) in [5.41, 5.74) is 4.46. The fourth-order valence-electron chi connectivity index (χ4n) is 3.07. The van der Waals surface area contributed by atoms with Gasteiger partial charge in [0, 0.05) is 0 Å². The van der Waals surface area contributed by atoms with Crippen LogP contribution in [0.2, 0.25) is 0 Å². The molecule has 122 valence electrons. The molecule has 1 N–H and O–H groups in total. The predicted molar refractivity (Wildman–Crippen MR) is 94.8 cm³/mol. The molecule has 6 heteroatoms. The summed E-state index contributed by atoms with van der Waals surface area (Å²) in [6.45, 7) is 6.47. The molecule has 0 saturated heterocycles. The van der Waals surface area contributed by atoms with Gasteiger partial charge in [0.25, 0.3) is 0 Å². The lowest BCUT2D eigenvalue weighted by molar-refractivity contribution is -0.121. The van der Waals surface area contributed by atoms with Crippen LogP contribution < -0.4 is 5.32 Å². The standard InChI is InChI=1S/C17H21N3OS2/c1-11(23-16-20-18-10-22-16)15(21)19-14-8-9-17(2,3)13-7-5-4-6-12(13)14/h4-7,10-11,14H,8-9H2,1-3H3,(H,19,21)/t11-,14+/m1/s1. The summed E-state index contributed by atoms with van der Waals surface area (Å²) in [6, 6.07) is 8.57. The maximum Gasteiger partial charge on any atom is 0.233 e. The normalized spacial score (nSPS) is 20.6. The minimum atomic E-state index is -0.176. The Morgan fingerprint density at radius 3 is 2.96 bits per heavy atom. The van der Waals surface area contributed by atoms with Crippen LogP contribution in [0.25, 0.3) is 0 Å². The number of fused-ring (bicyclic) bond motifs is 1. The number of carbonyl (C=O) groups is 1. The maximum absolute atomic E-state index is 12.5. The van der Waals surface area contributed by atoms with E-state index in [0.29, 0.717) is 0 Å². The lowest BCUT2D eigenvalue weighted by Gasteiger charge is -2.37. The summed E-state index contributed by atoms with van der Waals surface area (Å²) in [5, 5.41) is 10.8. The van der Waals surface area contributed by atoms with Crippen LogP contribution >= 0.6 is 23.1 Å². The van der Waals surface area contributed by atoms with Gasteiger partial charge >= 0.3 is 0 Å². The zero-order chi connectivity index (χ0) is 16.4. The second-order valence-corrected chi connectivity index (χ2v) is 8.96. The SMILES string of the molecule is C[C@@H](Sc1nncs1)C(=O)N[C@H]1CCC(C)(C)c2ccccc21. The van der Waals surface area contributed by atoms with Gasteiger partial charge in [0.1, 0.15) is 5.51 Å². The molecule has 0 fully saturated rings. The molecule has 0 aliphatic heterocycles. The molecule has 1 aliphatic rings. The Hall–Kier alpha value is -1.40. The fourth-order valence-corrected chi connectivity index (χ4v) is 4.71. The molecule has 1 amide bonds. The van der Waals surface area contributed by atoms with Crippen molar-refractivity contribution in [2.24, 2.45) is 0 Å². The molecule has 23 heavy (non-hydrogen) atoms. The number of aromatic nitrogens is 2. The molecule has 1 aliphatic carbocycles. The zero-order valence-electron chi connectivity index (χ0n) is 13.6. The van der Waals surface area contributed by atoms with Crippen molar-refractivity contribution >= 4 is 29.0 Å². The molecule has 2 atom stereocenters. The Morgan fingerprint density at radius 1 is 1.43 bits per heavy atom. The van der Waals surface area contributed by atoms with Gasteiger partial charge < -0.3 is 5.32 Å². The number of nitrogens with zero attached hydrogens (tertiary/aromatic N) is 2. The van der Waals surface area contributed by atoms with Gasteiger partial charge in [-0.05, 0) is 36.3 Å². The van der Waals surface area contributed by atoms with Gasteiger partial charge in [0.2, 0.25) is 5.91 Å². The summed E-state index contributed by atoms with van der Waals surface area (Å²) in [7, 11) is 0. The zero-order valence-corrected chi connectivity index (χ0v) is 15.2. The van der Waals surface area contributed by atoms with E-state index in [1.807, 2.05) is 6.92 Å². The fraction of sp³-hybridized carbons (Fsp3) is 0.471. The van der Waals surface area contributed by atoms with Gasteiger partial charge in [-0.1, -0.05) is 61.2 Å². The Balaban J connectivity index is 1.72. The van der Waals surface area contributed by atoms with E-state index >= 15 is 0 Å². The van der Waals surface area contributed by atoms with Crippen molar-refractivity contribution in [2.75, 3.05) is 0 Å². The van der Waals surface area contributed by atoms with Gasteiger partial charge in [-0.25, -0.2) is 0 Å². The van der Waals surface area contributed by atoms with Crippen LogP contribution in [-0.2, 0) is 10.2 Å². The quantitative estimate of drug-likeness (QED) is 0.851. The first-order chi connectivity index (χ1) is 11.0. The van der Waals surface area contributed by atoms with Gasteiger partial charge in [-0.2, -0.15) is 0 Å². The van der Waals surface area contributed by atoms with E-state index in [1.165, 1.54) is 34.2 Å². The Bertz CT molecular complexity index is 685. The minimum Gasteiger partial charge on any atom is -0.348 e. The van der Waals surface area contributed by atoms with E-state index in [-0.39, 0.29) is 22.6 Å². The van der Waals surface area contributed by atoms with E-state index in [1.54, 1.807) is 5.51 Å². The van der Waals surface area contributed by atoms with Crippen LogP contribution in [0.1, 0.15) is 50.8 Å². The van der Waals surface area contributed by atoms with Crippen molar-refractivity contribution < 1.29 is 4.79 Å². The number of hydrogen-bond donors (Lipinski definition) is 1. The number of benzene rings is 1. The van der Waals surface area contributed by atoms with Crippen molar-refractivity contribution in [3.8, 4) is 0 Å². The third-order valence-electron chi connectivity index (χ3n) is 4.43. The number of amides is 1. The highest BCUT2D eigenvalue weighted by Gasteiger charge is 2.33. The van der Waals surface area contributed by atoms with Crippen LogP contribution in [0, 0.1) is 0 Å². The lowest BCUT2D eigenvalue weighted by atomic mass is 9.71. The maximum atomic E-state index is 12.5.